The van der Waals surface area contributed by atoms with Crippen molar-refractivity contribution in [1.29, 1.82) is 0 Å². The number of hydrogen-bond acceptors (Lipinski definition) is 3. The summed E-state index contributed by atoms with van der Waals surface area (Å²) in [6.07, 6.45) is 0. The summed E-state index contributed by atoms with van der Waals surface area (Å²) in [4.78, 5) is 26.4. The van der Waals surface area contributed by atoms with Crippen LogP contribution in [0.4, 0.5) is 16.2 Å². The predicted molar refractivity (Wildman–Crippen MR) is 102 cm³/mol. The van der Waals surface area contributed by atoms with Crippen molar-refractivity contribution in [1.82, 2.24) is 4.90 Å². The van der Waals surface area contributed by atoms with Crippen molar-refractivity contribution in [3.05, 3.63) is 59.1 Å². The second-order valence-electron chi connectivity index (χ2n) is 6.09. The second kappa shape index (κ2) is 8.21. The summed E-state index contributed by atoms with van der Waals surface area (Å²) in [6.45, 7) is 3.66. The van der Waals surface area contributed by atoms with E-state index in [1.54, 1.807) is 53.4 Å². The largest absolute Gasteiger partial charge is 0.377 e. The number of carbonyl (C=O) groups excluding carboxylic acids is 2. The van der Waals surface area contributed by atoms with Crippen molar-refractivity contribution in [2.75, 3.05) is 30.4 Å². The standard InChI is InChI=1S/C19H20ClN3O3/c1-13-12-26-10-9-23(13)18(24)14-5-7-16(8-6-14)21-19(25)22-17-4-2-3-15(20)11-17/h2-8,11,13H,9-10,12H2,1H3,(H2,21,22,25). The maximum absolute atomic E-state index is 12.6. The van der Waals surface area contributed by atoms with E-state index in [9.17, 15) is 9.59 Å². The maximum atomic E-state index is 12.6. The molecule has 0 aliphatic carbocycles. The first-order valence-corrected chi connectivity index (χ1v) is 8.73. The molecule has 0 radical (unpaired) electrons. The lowest BCUT2D eigenvalue weighted by Gasteiger charge is -2.33. The van der Waals surface area contributed by atoms with E-state index in [0.29, 0.717) is 41.7 Å². The highest BCUT2D eigenvalue weighted by Gasteiger charge is 2.24. The minimum atomic E-state index is -0.381. The van der Waals surface area contributed by atoms with Crippen molar-refractivity contribution in [3.8, 4) is 0 Å². The fourth-order valence-electron chi connectivity index (χ4n) is 2.75. The summed E-state index contributed by atoms with van der Waals surface area (Å²) in [5, 5.41) is 5.97. The SMILES string of the molecule is CC1COCCN1C(=O)c1ccc(NC(=O)Nc2cccc(Cl)c2)cc1. The Hall–Kier alpha value is -2.57. The average molecular weight is 374 g/mol. The first kappa shape index (κ1) is 18.2. The Morgan fingerprint density at radius 1 is 1.12 bits per heavy atom. The summed E-state index contributed by atoms with van der Waals surface area (Å²) in [5.41, 5.74) is 1.78. The Bertz CT molecular complexity index is 795. The van der Waals surface area contributed by atoms with Crippen LogP contribution in [0, 0.1) is 0 Å². The number of rotatable bonds is 3. The fraction of sp³-hybridized carbons (Fsp3) is 0.263. The van der Waals surface area contributed by atoms with Gasteiger partial charge in [-0.3, -0.25) is 4.79 Å². The lowest BCUT2D eigenvalue weighted by Crippen LogP contribution is -2.47. The lowest BCUT2D eigenvalue weighted by atomic mass is 10.1. The number of benzene rings is 2. The van der Waals surface area contributed by atoms with Crippen LogP contribution in [0.25, 0.3) is 0 Å². The van der Waals surface area contributed by atoms with Crippen LogP contribution < -0.4 is 10.6 Å². The highest BCUT2D eigenvalue weighted by molar-refractivity contribution is 6.30. The van der Waals surface area contributed by atoms with Gasteiger partial charge in [0.05, 0.1) is 19.3 Å². The first-order valence-electron chi connectivity index (χ1n) is 8.35. The molecule has 1 unspecified atom stereocenters. The summed E-state index contributed by atoms with van der Waals surface area (Å²) in [7, 11) is 0. The third kappa shape index (κ3) is 4.53. The Kier molecular flexibility index (Phi) is 5.75. The van der Waals surface area contributed by atoms with E-state index in [0.717, 1.165) is 0 Å². The van der Waals surface area contributed by atoms with E-state index in [1.165, 1.54) is 0 Å². The van der Waals surface area contributed by atoms with Gasteiger partial charge in [-0.15, -0.1) is 0 Å². The van der Waals surface area contributed by atoms with Crippen LogP contribution in [0.1, 0.15) is 17.3 Å². The molecule has 1 saturated heterocycles. The lowest BCUT2D eigenvalue weighted by molar-refractivity contribution is 0.00359. The van der Waals surface area contributed by atoms with Crippen molar-refractivity contribution in [2.45, 2.75) is 13.0 Å². The first-order chi connectivity index (χ1) is 12.5. The Morgan fingerprint density at radius 2 is 1.85 bits per heavy atom. The molecule has 0 bridgehead atoms. The molecule has 2 aromatic carbocycles. The third-order valence-electron chi connectivity index (χ3n) is 4.10. The minimum Gasteiger partial charge on any atom is -0.377 e. The number of morpholine rings is 1. The fourth-order valence-corrected chi connectivity index (χ4v) is 2.94. The molecular weight excluding hydrogens is 354 g/mol. The summed E-state index contributed by atoms with van der Waals surface area (Å²) in [6, 6.07) is 13.4. The van der Waals surface area contributed by atoms with Gasteiger partial charge in [0.25, 0.3) is 5.91 Å². The second-order valence-corrected chi connectivity index (χ2v) is 6.53. The molecule has 0 aromatic heterocycles. The topological polar surface area (TPSA) is 70.7 Å². The van der Waals surface area contributed by atoms with Crippen LogP contribution in [0.3, 0.4) is 0 Å². The van der Waals surface area contributed by atoms with Crippen LogP contribution in [-0.4, -0.2) is 42.6 Å². The smallest absolute Gasteiger partial charge is 0.323 e. The average Bonchev–Trinajstić information content (AvgIpc) is 2.62. The normalized spacial score (nSPS) is 16.8. The Morgan fingerprint density at radius 3 is 2.54 bits per heavy atom. The Labute approximate surface area is 157 Å². The number of anilines is 2. The number of hydrogen-bond donors (Lipinski definition) is 2. The van der Waals surface area contributed by atoms with E-state index in [1.807, 2.05) is 6.92 Å². The molecule has 6 nitrogen and oxygen atoms in total. The highest BCUT2D eigenvalue weighted by Crippen LogP contribution is 2.17. The molecule has 1 atom stereocenters. The van der Waals surface area contributed by atoms with E-state index in [-0.39, 0.29) is 18.0 Å². The maximum Gasteiger partial charge on any atom is 0.323 e. The summed E-state index contributed by atoms with van der Waals surface area (Å²) in [5.74, 6) is -0.0317. The molecule has 1 heterocycles. The zero-order valence-electron chi connectivity index (χ0n) is 14.4. The number of nitrogens with zero attached hydrogens (tertiary/aromatic N) is 1. The molecule has 136 valence electrons. The Balaban J connectivity index is 1.60. The van der Waals surface area contributed by atoms with Crippen LogP contribution >= 0.6 is 11.6 Å². The van der Waals surface area contributed by atoms with Gasteiger partial charge in [-0.25, -0.2) is 4.79 Å². The van der Waals surface area contributed by atoms with E-state index in [4.69, 9.17) is 16.3 Å². The van der Waals surface area contributed by atoms with Gasteiger partial charge in [0.15, 0.2) is 0 Å². The zero-order valence-corrected chi connectivity index (χ0v) is 15.1. The monoisotopic (exact) mass is 373 g/mol. The van der Waals surface area contributed by atoms with Gasteiger partial charge >= 0.3 is 6.03 Å². The van der Waals surface area contributed by atoms with Crippen LogP contribution in [0.2, 0.25) is 5.02 Å². The van der Waals surface area contributed by atoms with Crippen LogP contribution in [-0.2, 0) is 4.74 Å². The van der Waals surface area contributed by atoms with E-state index < -0.39 is 0 Å². The molecule has 0 spiro atoms. The molecule has 0 saturated carbocycles. The highest BCUT2D eigenvalue weighted by atomic mass is 35.5. The van der Waals surface area contributed by atoms with Gasteiger partial charge in [-0.1, -0.05) is 17.7 Å². The van der Waals surface area contributed by atoms with Gasteiger partial charge in [0.2, 0.25) is 0 Å². The quantitative estimate of drug-likeness (QED) is 0.858. The molecule has 3 amide bonds. The summed E-state index contributed by atoms with van der Waals surface area (Å²) < 4.78 is 5.36. The molecule has 1 aliphatic heterocycles. The van der Waals surface area contributed by atoms with E-state index in [2.05, 4.69) is 10.6 Å². The number of carbonyl (C=O) groups is 2. The molecule has 2 aromatic rings. The van der Waals surface area contributed by atoms with Crippen LogP contribution in [0.15, 0.2) is 48.5 Å². The van der Waals surface area contributed by atoms with E-state index >= 15 is 0 Å². The van der Waals surface area contributed by atoms with Gasteiger partial charge in [-0.2, -0.15) is 0 Å². The molecule has 3 rings (SSSR count). The molecule has 1 aliphatic rings. The van der Waals surface area contributed by atoms with Crippen LogP contribution in [0.5, 0.6) is 0 Å². The molecule has 26 heavy (non-hydrogen) atoms. The van der Waals surface area contributed by atoms with Crippen molar-refractivity contribution < 1.29 is 14.3 Å². The number of halogens is 1. The molecule has 7 heteroatoms. The number of ether oxygens (including phenoxy) is 1. The van der Waals surface area contributed by atoms with Crippen molar-refractivity contribution >= 4 is 34.9 Å². The third-order valence-corrected chi connectivity index (χ3v) is 4.34. The number of amides is 3. The van der Waals surface area contributed by atoms with Gasteiger partial charge < -0.3 is 20.3 Å². The van der Waals surface area contributed by atoms with Gasteiger partial charge in [0, 0.05) is 28.5 Å². The van der Waals surface area contributed by atoms with Crippen molar-refractivity contribution in [3.63, 3.8) is 0 Å². The van der Waals surface area contributed by atoms with Gasteiger partial charge in [0.1, 0.15) is 0 Å². The number of nitrogens with one attached hydrogen (secondary N) is 2. The zero-order chi connectivity index (χ0) is 18.5. The minimum absolute atomic E-state index is 0.0317. The van der Waals surface area contributed by atoms with Crippen molar-refractivity contribution in [2.24, 2.45) is 0 Å². The molecular formula is C19H20ClN3O3. The van der Waals surface area contributed by atoms with Gasteiger partial charge in [-0.05, 0) is 49.4 Å². The molecule has 1 fully saturated rings. The molecule has 2 N–H and O–H groups in total. The number of urea groups is 1. The predicted octanol–water partition coefficient (Wildman–Crippen LogP) is 3.84. The summed E-state index contributed by atoms with van der Waals surface area (Å²) >= 11 is 5.89.